The van der Waals surface area contributed by atoms with Crippen molar-refractivity contribution in [2.24, 2.45) is 0 Å². The van der Waals surface area contributed by atoms with Crippen molar-refractivity contribution < 1.29 is 19.1 Å². The molecule has 9 nitrogen and oxygen atoms in total. The quantitative estimate of drug-likeness (QED) is 0.614. The number of rotatable bonds is 6. The molecule has 1 amide bonds. The van der Waals surface area contributed by atoms with Gasteiger partial charge in [0.2, 0.25) is 0 Å². The highest BCUT2D eigenvalue weighted by Gasteiger charge is 2.14. The number of amides is 1. The van der Waals surface area contributed by atoms with Gasteiger partial charge in [0, 0.05) is 18.3 Å². The normalized spacial score (nSPS) is 10.0. The summed E-state index contributed by atoms with van der Waals surface area (Å²) in [6.07, 6.45) is 0.927. The van der Waals surface area contributed by atoms with Gasteiger partial charge >= 0.3 is 11.7 Å². The summed E-state index contributed by atoms with van der Waals surface area (Å²) in [4.78, 5) is 49.7. The molecular weight excluding hydrogens is 318 g/mol. The Morgan fingerprint density at radius 2 is 1.96 bits per heavy atom. The Bertz CT molecular complexity index is 855. The van der Waals surface area contributed by atoms with Crippen LogP contribution in [-0.4, -0.2) is 35.6 Å². The number of carbonyl (C=O) groups is 2. The summed E-state index contributed by atoms with van der Waals surface area (Å²) in [5.74, 6) is -0.940. The second-order valence-electron chi connectivity index (χ2n) is 4.65. The fraction of sp³-hybridized carbons (Fsp3) is 0.200. The Hall–Kier alpha value is -3.36. The number of carbonyl (C=O) groups excluding carboxylic acids is 2. The second kappa shape index (κ2) is 7.77. The molecule has 0 aliphatic heterocycles. The number of para-hydroxylation sites is 1. The number of benzene rings is 1. The van der Waals surface area contributed by atoms with Gasteiger partial charge in [-0.25, -0.2) is 9.59 Å². The first-order valence-corrected chi connectivity index (χ1v) is 6.89. The number of H-pyrrole nitrogens is 2. The standard InChI is InChI=1S/C15H15N3O6/c1-23-11-5-3-2-4-9(11)6-16-12(19)8-24-14(21)10-7-17-15(22)18-13(10)20/h2-5,7H,6,8H2,1H3,(H,16,19)(H2,17,18,20,22). The predicted octanol–water partition coefficient (Wildman–Crippen LogP) is -0.455. The van der Waals surface area contributed by atoms with Crippen LogP contribution in [0.1, 0.15) is 15.9 Å². The Labute approximate surface area is 135 Å². The molecule has 126 valence electrons. The number of hydrogen-bond acceptors (Lipinski definition) is 6. The maximum absolute atomic E-state index is 11.7. The van der Waals surface area contributed by atoms with Crippen LogP contribution >= 0.6 is 0 Å². The fourth-order valence-electron chi connectivity index (χ4n) is 1.86. The number of aromatic nitrogens is 2. The molecule has 0 fully saturated rings. The molecule has 0 atom stereocenters. The molecule has 0 saturated carbocycles. The minimum absolute atomic E-state index is 0.194. The number of nitrogens with one attached hydrogen (secondary N) is 3. The predicted molar refractivity (Wildman–Crippen MR) is 82.8 cm³/mol. The number of methoxy groups -OCH3 is 1. The van der Waals surface area contributed by atoms with Crippen molar-refractivity contribution in [1.82, 2.24) is 15.3 Å². The number of ether oxygens (including phenoxy) is 2. The van der Waals surface area contributed by atoms with Crippen molar-refractivity contribution in [1.29, 1.82) is 0 Å². The zero-order valence-corrected chi connectivity index (χ0v) is 12.8. The summed E-state index contributed by atoms with van der Waals surface area (Å²) in [6, 6.07) is 7.13. The van der Waals surface area contributed by atoms with Gasteiger partial charge in [0.15, 0.2) is 6.61 Å². The lowest BCUT2D eigenvalue weighted by atomic mass is 10.2. The molecule has 2 rings (SSSR count). The first-order valence-electron chi connectivity index (χ1n) is 6.89. The summed E-state index contributed by atoms with van der Waals surface area (Å²) in [6.45, 7) is -0.369. The van der Waals surface area contributed by atoms with E-state index in [1.54, 1.807) is 24.3 Å². The van der Waals surface area contributed by atoms with E-state index in [9.17, 15) is 19.2 Å². The third-order valence-electron chi connectivity index (χ3n) is 3.04. The number of esters is 1. The number of aromatic amines is 2. The van der Waals surface area contributed by atoms with E-state index in [0.29, 0.717) is 5.75 Å². The molecule has 2 aromatic rings. The zero-order valence-electron chi connectivity index (χ0n) is 12.8. The van der Waals surface area contributed by atoms with Gasteiger partial charge in [0.1, 0.15) is 11.3 Å². The van der Waals surface area contributed by atoms with E-state index in [-0.39, 0.29) is 6.54 Å². The molecule has 9 heteroatoms. The maximum atomic E-state index is 11.7. The summed E-state index contributed by atoms with van der Waals surface area (Å²) in [5, 5.41) is 2.56. The minimum atomic E-state index is -1.01. The van der Waals surface area contributed by atoms with Gasteiger partial charge in [0.05, 0.1) is 7.11 Å². The molecule has 0 aliphatic carbocycles. The van der Waals surface area contributed by atoms with Crippen molar-refractivity contribution in [3.63, 3.8) is 0 Å². The van der Waals surface area contributed by atoms with Crippen molar-refractivity contribution in [2.75, 3.05) is 13.7 Å². The average Bonchev–Trinajstić information content (AvgIpc) is 2.58. The zero-order chi connectivity index (χ0) is 17.5. The molecule has 3 N–H and O–H groups in total. The first-order chi connectivity index (χ1) is 11.5. The van der Waals surface area contributed by atoms with Gasteiger partial charge < -0.3 is 19.8 Å². The lowest BCUT2D eigenvalue weighted by molar-refractivity contribution is -0.124. The van der Waals surface area contributed by atoms with Crippen LogP contribution in [0, 0.1) is 0 Å². The molecule has 0 radical (unpaired) electrons. The summed E-state index contributed by atoms with van der Waals surface area (Å²) in [5.41, 5.74) is -1.27. The van der Waals surface area contributed by atoms with E-state index in [4.69, 9.17) is 9.47 Å². The summed E-state index contributed by atoms with van der Waals surface area (Å²) < 4.78 is 9.88. The van der Waals surface area contributed by atoms with E-state index >= 15 is 0 Å². The van der Waals surface area contributed by atoms with Crippen LogP contribution < -0.4 is 21.3 Å². The van der Waals surface area contributed by atoms with Crippen LogP contribution in [0.3, 0.4) is 0 Å². The van der Waals surface area contributed by atoms with Crippen LogP contribution in [0.4, 0.5) is 0 Å². The highest BCUT2D eigenvalue weighted by Crippen LogP contribution is 2.16. The molecule has 1 aromatic carbocycles. The molecule has 24 heavy (non-hydrogen) atoms. The van der Waals surface area contributed by atoms with Gasteiger partial charge in [-0.2, -0.15) is 0 Å². The van der Waals surface area contributed by atoms with Crippen molar-refractivity contribution in [3.8, 4) is 5.75 Å². The third kappa shape index (κ3) is 4.32. The van der Waals surface area contributed by atoms with Crippen LogP contribution in [-0.2, 0) is 16.1 Å². The Kier molecular flexibility index (Phi) is 5.50. The third-order valence-corrected chi connectivity index (χ3v) is 3.04. The first kappa shape index (κ1) is 17.0. The molecule has 1 heterocycles. The van der Waals surface area contributed by atoms with E-state index in [2.05, 4.69) is 10.3 Å². The monoisotopic (exact) mass is 333 g/mol. The van der Waals surface area contributed by atoms with Gasteiger partial charge in [-0.05, 0) is 6.07 Å². The van der Waals surface area contributed by atoms with Crippen molar-refractivity contribution in [3.05, 3.63) is 62.4 Å². The molecule has 0 bridgehead atoms. The van der Waals surface area contributed by atoms with Crippen LogP contribution in [0.25, 0.3) is 0 Å². The minimum Gasteiger partial charge on any atom is -0.496 e. The largest absolute Gasteiger partial charge is 0.496 e. The highest BCUT2D eigenvalue weighted by molar-refractivity contribution is 5.90. The Morgan fingerprint density at radius 3 is 2.67 bits per heavy atom. The lowest BCUT2D eigenvalue weighted by Crippen LogP contribution is -2.31. The SMILES string of the molecule is COc1ccccc1CNC(=O)COC(=O)c1c[nH]c(=O)[nH]c1=O. The van der Waals surface area contributed by atoms with Crippen LogP contribution in [0.2, 0.25) is 0 Å². The molecule has 1 aromatic heterocycles. The van der Waals surface area contributed by atoms with Gasteiger partial charge in [-0.1, -0.05) is 18.2 Å². The molecule has 0 saturated heterocycles. The Morgan fingerprint density at radius 1 is 1.21 bits per heavy atom. The van der Waals surface area contributed by atoms with E-state index in [1.165, 1.54) is 7.11 Å². The van der Waals surface area contributed by atoms with Gasteiger partial charge in [-0.3, -0.25) is 14.6 Å². The van der Waals surface area contributed by atoms with Gasteiger partial charge in [0.25, 0.3) is 11.5 Å². The second-order valence-corrected chi connectivity index (χ2v) is 4.65. The van der Waals surface area contributed by atoms with E-state index in [1.807, 2.05) is 4.98 Å². The molecule has 0 aliphatic rings. The summed E-state index contributed by atoms with van der Waals surface area (Å²) >= 11 is 0. The lowest BCUT2D eigenvalue weighted by Gasteiger charge is -2.09. The molecular formula is C15H15N3O6. The van der Waals surface area contributed by atoms with E-state index < -0.39 is 35.3 Å². The average molecular weight is 333 g/mol. The van der Waals surface area contributed by atoms with Crippen LogP contribution in [0.15, 0.2) is 40.1 Å². The summed E-state index contributed by atoms with van der Waals surface area (Å²) in [7, 11) is 1.52. The van der Waals surface area contributed by atoms with Crippen LogP contribution in [0.5, 0.6) is 5.75 Å². The number of hydrogen-bond donors (Lipinski definition) is 3. The smallest absolute Gasteiger partial charge is 0.345 e. The van der Waals surface area contributed by atoms with Crippen molar-refractivity contribution >= 4 is 11.9 Å². The van der Waals surface area contributed by atoms with E-state index in [0.717, 1.165) is 11.8 Å². The molecule has 0 spiro atoms. The highest BCUT2D eigenvalue weighted by atomic mass is 16.5. The topological polar surface area (TPSA) is 130 Å². The molecule has 0 unspecified atom stereocenters. The van der Waals surface area contributed by atoms with Gasteiger partial charge in [-0.15, -0.1) is 0 Å². The Balaban J connectivity index is 1.88. The van der Waals surface area contributed by atoms with Crippen molar-refractivity contribution in [2.45, 2.75) is 6.54 Å². The maximum Gasteiger partial charge on any atom is 0.345 e. The fourth-order valence-corrected chi connectivity index (χ4v) is 1.86.